The molecule has 1 aromatic carbocycles. The summed E-state index contributed by atoms with van der Waals surface area (Å²) < 4.78 is 5.07. The Morgan fingerprint density at radius 3 is 2.48 bits per heavy atom. The number of rotatable bonds is 7. The average molecular weight is 452 g/mol. The highest BCUT2D eigenvalue weighted by molar-refractivity contribution is 14.0. The Kier molecular flexibility index (Phi) is 9.24. The molecule has 0 aromatic heterocycles. The third kappa shape index (κ3) is 5.80. The maximum absolute atomic E-state index is 6.00. The van der Waals surface area contributed by atoms with Crippen LogP contribution in [0.3, 0.4) is 0 Å². The molecule has 1 aliphatic carbocycles. The molecule has 2 N–H and O–H groups in total. The molecule has 6 heteroatoms. The molecule has 2 rings (SSSR count). The molecule has 1 fully saturated rings. The zero-order valence-corrected chi connectivity index (χ0v) is 17.0. The Morgan fingerprint density at radius 1 is 1.26 bits per heavy atom. The van der Waals surface area contributed by atoms with E-state index < -0.39 is 0 Å². The van der Waals surface area contributed by atoms with Crippen LogP contribution >= 0.6 is 35.6 Å². The van der Waals surface area contributed by atoms with Crippen LogP contribution in [0, 0.1) is 0 Å². The van der Waals surface area contributed by atoms with Crippen LogP contribution in [0.2, 0.25) is 5.02 Å². The second-order valence-electron chi connectivity index (χ2n) is 5.76. The number of guanidine groups is 1. The van der Waals surface area contributed by atoms with E-state index in [1.165, 1.54) is 24.8 Å². The molecule has 0 heterocycles. The van der Waals surface area contributed by atoms with Gasteiger partial charge in [0.15, 0.2) is 5.96 Å². The van der Waals surface area contributed by atoms with Crippen molar-refractivity contribution in [2.45, 2.75) is 31.6 Å². The van der Waals surface area contributed by atoms with Gasteiger partial charge in [0, 0.05) is 30.6 Å². The van der Waals surface area contributed by atoms with Gasteiger partial charge in [0.1, 0.15) is 0 Å². The summed E-state index contributed by atoms with van der Waals surface area (Å²) in [4.78, 5) is 4.78. The Bertz CT molecular complexity index is 489. The molecule has 0 bridgehead atoms. The number of ether oxygens (including phenoxy) is 1. The normalized spacial score (nSPS) is 16.2. The molecule has 4 nitrogen and oxygen atoms in total. The Morgan fingerprint density at radius 2 is 1.96 bits per heavy atom. The lowest BCUT2D eigenvalue weighted by Crippen LogP contribution is -2.42. The van der Waals surface area contributed by atoms with Gasteiger partial charge in [-0.05, 0) is 37.5 Å². The number of methoxy groups -OCH3 is 1. The monoisotopic (exact) mass is 451 g/mol. The van der Waals surface area contributed by atoms with Crippen LogP contribution in [-0.4, -0.2) is 39.3 Å². The van der Waals surface area contributed by atoms with Crippen molar-refractivity contribution < 1.29 is 4.74 Å². The molecule has 0 spiro atoms. The van der Waals surface area contributed by atoms with Crippen molar-refractivity contribution in [1.29, 1.82) is 0 Å². The number of hydrogen-bond donors (Lipinski definition) is 2. The quantitative estimate of drug-likeness (QED) is 0.288. The first-order chi connectivity index (χ1) is 10.7. The third-order valence-electron chi connectivity index (χ3n) is 4.25. The van der Waals surface area contributed by atoms with Crippen LogP contribution in [0.4, 0.5) is 0 Å². The first-order valence-electron chi connectivity index (χ1n) is 7.97. The van der Waals surface area contributed by atoms with E-state index in [2.05, 4.69) is 29.7 Å². The van der Waals surface area contributed by atoms with E-state index >= 15 is 0 Å². The van der Waals surface area contributed by atoms with Gasteiger partial charge < -0.3 is 15.4 Å². The molecule has 0 amide bonds. The number of benzene rings is 1. The lowest BCUT2D eigenvalue weighted by Gasteiger charge is -2.41. The van der Waals surface area contributed by atoms with E-state index in [0.717, 1.165) is 30.6 Å². The molecular formula is C17H27ClIN3O. The zero-order chi connectivity index (χ0) is 15.8. The summed E-state index contributed by atoms with van der Waals surface area (Å²) in [5.41, 5.74) is 1.52. The Labute approximate surface area is 161 Å². The second kappa shape index (κ2) is 10.4. The summed E-state index contributed by atoms with van der Waals surface area (Å²) in [5.74, 6) is 0.861. The van der Waals surface area contributed by atoms with Gasteiger partial charge in [-0.25, -0.2) is 0 Å². The Hall–Kier alpha value is -0.530. The minimum Gasteiger partial charge on any atom is -0.383 e. The molecule has 23 heavy (non-hydrogen) atoms. The maximum Gasteiger partial charge on any atom is 0.191 e. The van der Waals surface area contributed by atoms with Crippen LogP contribution < -0.4 is 10.6 Å². The minimum absolute atomic E-state index is 0. The van der Waals surface area contributed by atoms with Gasteiger partial charge in [0.25, 0.3) is 0 Å². The van der Waals surface area contributed by atoms with E-state index in [1.807, 2.05) is 12.1 Å². The highest BCUT2D eigenvalue weighted by Crippen LogP contribution is 2.44. The molecule has 1 aromatic rings. The summed E-state index contributed by atoms with van der Waals surface area (Å²) in [6, 6.07) is 8.23. The smallest absolute Gasteiger partial charge is 0.191 e. The average Bonchev–Trinajstić information content (AvgIpc) is 2.48. The van der Waals surface area contributed by atoms with Crippen molar-refractivity contribution in [3.05, 3.63) is 34.9 Å². The highest BCUT2D eigenvalue weighted by Gasteiger charge is 2.38. The van der Waals surface area contributed by atoms with E-state index in [9.17, 15) is 0 Å². The van der Waals surface area contributed by atoms with Gasteiger partial charge in [-0.1, -0.05) is 30.2 Å². The van der Waals surface area contributed by atoms with Gasteiger partial charge in [0.05, 0.1) is 13.2 Å². The zero-order valence-electron chi connectivity index (χ0n) is 13.9. The topological polar surface area (TPSA) is 45.7 Å². The number of hydrogen-bond acceptors (Lipinski definition) is 2. The lowest BCUT2D eigenvalue weighted by atomic mass is 9.64. The maximum atomic E-state index is 6.00. The van der Waals surface area contributed by atoms with Gasteiger partial charge in [-0.3, -0.25) is 4.99 Å². The van der Waals surface area contributed by atoms with E-state index in [1.54, 1.807) is 7.11 Å². The summed E-state index contributed by atoms with van der Waals surface area (Å²) in [7, 11) is 1.70. The fourth-order valence-electron chi connectivity index (χ4n) is 2.79. The molecule has 130 valence electrons. The SMILES string of the molecule is CCNC(=NCC1(c2ccc(Cl)cc2)CCC1)NCCOC.I. The molecule has 0 atom stereocenters. The van der Waals surface area contributed by atoms with E-state index in [-0.39, 0.29) is 29.4 Å². The second-order valence-corrected chi connectivity index (χ2v) is 6.19. The number of nitrogens with zero attached hydrogens (tertiary/aromatic N) is 1. The molecule has 1 saturated carbocycles. The predicted molar refractivity (Wildman–Crippen MR) is 108 cm³/mol. The fraction of sp³-hybridized carbons (Fsp3) is 0.588. The summed E-state index contributed by atoms with van der Waals surface area (Å²) in [6.45, 7) is 5.17. The fourth-order valence-corrected chi connectivity index (χ4v) is 2.91. The van der Waals surface area contributed by atoms with Crippen LogP contribution in [0.25, 0.3) is 0 Å². The summed E-state index contributed by atoms with van der Waals surface area (Å²) in [5, 5.41) is 7.37. The lowest BCUT2D eigenvalue weighted by molar-refractivity contribution is 0.203. The first kappa shape index (κ1) is 20.5. The molecular weight excluding hydrogens is 425 g/mol. The van der Waals surface area contributed by atoms with Gasteiger partial charge in [-0.15, -0.1) is 24.0 Å². The molecule has 0 saturated heterocycles. The largest absolute Gasteiger partial charge is 0.383 e. The summed E-state index contributed by atoms with van der Waals surface area (Å²) >= 11 is 6.00. The van der Waals surface area contributed by atoms with Gasteiger partial charge in [-0.2, -0.15) is 0 Å². The molecule has 0 radical (unpaired) electrons. The molecule has 0 unspecified atom stereocenters. The highest BCUT2D eigenvalue weighted by atomic mass is 127. The Balaban J connectivity index is 0.00000264. The first-order valence-corrected chi connectivity index (χ1v) is 8.35. The van der Waals surface area contributed by atoms with Crippen molar-refractivity contribution in [3.8, 4) is 0 Å². The van der Waals surface area contributed by atoms with Crippen molar-refractivity contribution in [1.82, 2.24) is 10.6 Å². The van der Waals surface area contributed by atoms with Crippen LogP contribution in [0.15, 0.2) is 29.3 Å². The number of nitrogens with one attached hydrogen (secondary N) is 2. The standard InChI is InChI=1S/C17H26ClN3O.HI/c1-3-19-16(20-11-12-22-2)21-13-17(9-4-10-17)14-5-7-15(18)8-6-14;/h5-8H,3-4,9-13H2,1-2H3,(H2,19,20,21);1H. The van der Waals surface area contributed by atoms with Crippen molar-refractivity contribution in [2.75, 3.05) is 33.4 Å². The van der Waals surface area contributed by atoms with E-state index in [4.69, 9.17) is 21.3 Å². The van der Waals surface area contributed by atoms with Crippen molar-refractivity contribution >= 4 is 41.5 Å². The number of aliphatic imine (C=N–C) groups is 1. The molecule has 0 aliphatic heterocycles. The van der Waals surface area contributed by atoms with Crippen LogP contribution in [0.1, 0.15) is 31.7 Å². The van der Waals surface area contributed by atoms with Crippen LogP contribution in [0.5, 0.6) is 0 Å². The van der Waals surface area contributed by atoms with Crippen LogP contribution in [-0.2, 0) is 10.2 Å². The molecule has 1 aliphatic rings. The summed E-state index contributed by atoms with van der Waals surface area (Å²) in [6.07, 6.45) is 3.65. The van der Waals surface area contributed by atoms with Gasteiger partial charge >= 0.3 is 0 Å². The number of halogens is 2. The van der Waals surface area contributed by atoms with Crippen molar-refractivity contribution in [2.24, 2.45) is 4.99 Å². The van der Waals surface area contributed by atoms with E-state index in [0.29, 0.717) is 6.61 Å². The van der Waals surface area contributed by atoms with Gasteiger partial charge in [0.2, 0.25) is 0 Å². The third-order valence-corrected chi connectivity index (χ3v) is 4.50. The predicted octanol–water partition coefficient (Wildman–Crippen LogP) is 3.58. The van der Waals surface area contributed by atoms with Crippen molar-refractivity contribution in [3.63, 3.8) is 0 Å². The minimum atomic E-state index is 0.